The van der Waals surface area contributed by atoms with Crippen LogP contribution in [0.25, 0.3) is 0 Å². The Labute approximate surface area is 102 Å². The summed E-state index contributed by atoms with van der Waals surface area (Å²) in [6.45, 7) is 2.01. The van der Waals surface area contributed by atoms with Crippen molar-refractivity contribution in [1.29, 1.82) is 0 Å². The minimum Gasteiger partial charge on any atom is -0.460 e. The van der Waals surface area contributed by atoms with Gasteiger partial charge >= 0.3 is 0 Å². The highest BCUT2D eigenvalue weighted by molar-refractivity contribution is 9.10. The van der Waals surface area contributed by atoms with Crippen molar-refractivity contribution < 1.29 is 9.21 Å². The zero-order valence-corrected chi connectivity index (χ0v) is 10.5. The molecule has 2 aromatic rings. The fourth-order valence-corrected chi connectivity index (χ4v) is 2.00. The predicted molar refractivity (Wildman–Crippen MR) is 65.6 cm³/mol. The molecule has 2 rings (SSSR count). The molecule has 1 heterocycles. The highest BCUT2D eigenvalue weighted by Gasteiger charge is 2.14. The van der Waals surface area contributed by atoms with E-state index in [2.05, 4.69) is 15.9 Å². The fraction of sp³-hybridized carbons (Fsp3) is 0.154. The summed E-state index contributed by atoms with van der Waals surface area (Å²) in [6.07, 6.45) is 1.88. The topological polar surface area (TPSA) is 30.2 Å². The largest absolute Gasteiger partial charge is 0.460 e. The Morgan fingerprint density at radius 3 is 2.81 bits per heavy atom. The Kier molecular flexibility index (Phi) is 3.25. The predicted octanol–water partition coefficient (Wildman–Crippen LogP) is 3.78. The molecule has 0 amide bonds. The van der Waals surface area contributed by atoms with Crippen LogP contribution in [0.2, 0.25) is 0 Å². The van der Waals surface area contributed by atoms with Crippen molar-refractivity contribution >= 4 is 21.7 Å². The van der Waals surface area contributed by atoms with Gasteiger partial charge in [0.2, 0.25) is 5.78 Å². The van der Waals surface area contributed by atoms with Gasteiger partial charge in [0.05, 0.1) is 10.7 Å². The second-order valence-electron chi connectivity index (χ2n) is 3.69. The summed E-state index contributed by atoms with van der Waals surface area (Å²) in [6, 6.07) is 9.64. The molecule has 0 aliphatic heterocycles. The van der Waals surface area contributed by atoms with Crippen LogP contribution < -0.4 is 0 Å². The van der Waals surface area contributed by atoms with Crippen LogP contribution in [-0.2, 0) is 6.42 Å². The fourth-order valence-electron chi connectivity index (χ4n) is 1.58. The van der Waals surface area contributed by atoms with E-state index in [0.29, 0.717) is 16.7 Å². The van der Waals surface area contributed by atoms with E-state index in [4.69, 9.17) is 4.42 Å². The summed E-state index contributed by atoms with van der Waals surface area (Å²) in [7, 11) is 0. The first kappa shape index (κ1) is 11.1. The van der Waals surface area contributed by atoms with Crippen molar-refractivity contribution in [3.8, 4) is 0 Å². The Hall–Kier alpha value is -1.35. The average molecular weight is 279 g/mol. The van der Waals surface area contributed by atoms with Gasteiger partial charge in [0, 0.05) is 6.42 Å². The molecule has 0 N–H and O–H groups in total. The lowest BCUT2D eigenvalue weighted by molar-refractivity contribution is 0.0965. The van der Waals surface area contributed by atoms with Crippen LogP contribution >= 0.6 is 15.9 Å². The van der Waals surface area contributed by atoms with E-state index in [0.717, 1.165) is 11.1 Å². The minimum absolute atomic E-state index is 0.0116. The van der Waals surface area contributed by atoms with Crippen LogP contribution in [0, 0.1) is 6.92 Å². The molecule has 0 saturated heterocycles. The number of hydrogen-bond acceptors (Lipinski definition) is 2. The zero-order valence-electron chi connectivity index (χ0n) is 8.87. The summed E-state index contributed by atoms with van der Waals surface area (Å²) in [4.78, 5) is 11.9. The number of halogens is 1. The quantitative estimate of drug-likeness (QED) is 0.800. The molecule has 0 aliphatic rings. The van der Waals surface area contributed by atoms with Gasteiger partial charge in [-0.3, -0.25) is 4.79 Å². The van der Waals surface area contributed by atoms with Crippen molar-refractivity contribution in [2.75, 3.05) is 0 Å². The Bertz CT molecular complexity index is 514. The van der Waals surface area contributed by atoms with Gasteiger partial charge in [-0.05, 0) is 34.5 Å². The molecule has 0 fully saturated rings. The van der Waals surface area contributed by atoms with Crippen LogP contribution in [0.15, 0.2) is 45.5 Å². The molecule has 82 valence electrons. The van der Waals surface area contributed by atoms with E-state index >= 15 is 0 Å². The third kappa shape index (κ3) is 2.42. The second kappa shape index (κ2) is 4.66. The van der Waals surface area contributed by atoms with Gasteiger partial charge in [-0.25, -0.2) is 0 Å². The number of benzene rings is 1. The average Bonchev–Trinajstić information content (AvgIpc) is 2.64. The summed E-state index contributed by atoms with van der Waals surface area (Å²) in [5, 5.41) is 0. The Morgan fingerprint density at radius 1 is 1.38 bits per heavy atom. The van der Waals surface area contributed by atoms with Crippen molar-refractivity contribution in [3.63, 3.8) is 0 Å². The van der Waals surface area contributed by atoms with Crippen molar-refractivity contribution in [3.05, 3.63) is 58.0 Å². The number of aryl methyl sites for hydroxylation is 1. The molecule has 1 aromatic carbocycles. The molecule has 0 saturated carbocycles. The number of carbonyl (C=O) groups is 1. The minimum atomic E-state index is -0.0116. The van der Waals surface area contributed by atoms with E-state index in [1.54, 1.807) is 6.07 Å². The maximum Gasteiger partial charge on any atom is 0.203 e. The van der Waals surface area contributed by atoms with Gasteiger partial charge in [0.25, 0.3) is 0 Å². The normalized spacial score (nSPS) is 10.4. The SMILES string of the molecule is Cc1cccc(CC(=O)c2occc2Br)c1. The molecule has 1 aromatic heterocycles. The summed E-state index contributed by atoms with van der Waals surface area (Å²) < 4.78 is 5.85. The van der Waals surface area contributed by atoms with E-state index in [9.17, 15) is 4.79 Å². The van der Waals surface area contributed by atoms with E-state index in [1.165, 1.54) is 6.26 Å². The summed E-state index contributed by atoms with van der Waals surface area (Å²) in [5.74, 6) is 0.379. The van der Waals surface area contributed by atoms with Gasteiger partial charge in [-0.2, -0.15) is 0 Å². The number of Topliss-reactive ketones (excluding diaryl/α,β-unsaturated/α-hetero) is 1. The molecule has 0 aliphatic carbocycles. The standard InChI is InChI=1S/C13H11BrO2/c1-9-3-2-4-10(7-9)8-12(15)13-11(14)5-6-16-13/h2-7H,8H2,1H3. The molecule has 16 heavy (non-hydrogen) atoms. The van der Waals surface area contributed by atoms with Gasteiger partial charge in [0.1, 0.15) is 0 Å². The third-order valence-corrected chi connectivity index (χ3v) is 2.94. The first-order valence-corrected chi connectivity index (χ1v) is 5.78. The maximum atomic E-state index is 11.9. The van der Waals surface area contributed by atoms with Gasteiger partial charge in [-0.1, -0.05) is 29.8 Å². The van der Waals surface area contributed by atoms with Gasteiger partial charge in [-0.15, -0.1) is 0 Å². The summed E-state index contributed by atoms with van der Waals surface area (Å²) >= 11 is 3.28. The Balaban J connectivity index is 2.17. The van der Waals surface area contributed by atoms with Crippen molar-refractivity contribution in [2.24, 2.45) is 0 Å². The highest BCUT2D eigenvalue weighted by Crippen LogP contribution is 2.19. The molecule has 0 atom stereocenters. The molecule has 2 nitrogen and oxygen atoms in total. The second-order valence-corrected chi connectivity index (χ2v) is 4.54. The maximum absolute atomic E-state index is 11.9. The molecule has 0 unspecified atom stereocenters. The number of ketones is 1. The molecule has 3 heteroatoms. The number of hydrogen-bond donors (Lipinski definition) is 0. The lowest BCUT2D eigenvalue weighted by atomic mass is 10.1. The van der Waals surface area contributed by atoms with Crippen LogP contribution in [0.3, 0.4) is 0 Å². The number of rotatable bonds is 3. The third-order valence-electron chi connectivity index (χ3n) is 2.32. The molecular weight excluding hydrogens is 268 g/mol. The lowest BCUT2D eigenvalue weighted by Gasteiger charge is -2.00. The molecule has 0 spiro atoms. The highest BCUT2D eigenvalue weighted by atomic mass is 79.9. The molecule has 0 radical (unpaired) electrons. The van der Waals surface area contributed by atoms with Crippen LogP contribution in [0.1, 0.15) is 21.7 Å². The zero-order chi connectivity index (χ0) is 11.5. The lowest BCUT2D eigenvalue weighted by Crippen LogP contribution is -2.02. The monoisotopic (exact) mass is 278 g/mol. The van der Waals surface area contributed by atoms with Crippen molar-refractivity contribution in [2.45, 2.75) is 13.3 Å². The van der Waals surface area contributed by atoms with Crippen LogP contribution in [-0.4, -0.2) is 5.78 Å². The van der Waals surface area contributed by atoms with Gasteiger partial charge < -0.3 is 4.42 Å². The number of carbonyl (C=O) groups excluding carboxylic acids is 1. The Morgan fingerprint density at radius 2 is 2.19 bits per heavy atom. The summed E-state index contributed by atoms with van der Waals surface area (Å²) in [5.41, 5.74) is 2.16. The molecule has 0 bridgehead atoms. The van der Waals surface area contributed by atoms with E-state index in [-0.39, 0.29) is 5.78 Å². The van der Waals surface area contributed by atoms with Crippen molar-refractivity contribution in [1.82, 2.24) is 0 Å². The first-order valence-electron chi connectivity index (χ1n) is 4.98. The number of furan rings is 1. The first-order chi connectivity index (χ1) is 7.66. The van der Waals surface area contributed by atoms with E-state index in [1.807, 2.05) is 31.2 Å². The van der Waals surface area contributed by atoms with Crippen LogP contribution in [0.5, 0.6) is 0 Å². The van der Waals surface area contributed by atoms with E-state index < -0.39 is 0 Å². The van der Waals surface area contributed by atoms with Crippen LogP contribution in [0.4, 0.5) is 0 Å². The molecular formula is C13H11BrO2. The smallest absolute Gasteiger partial charge is 0.203 e. The van der Waals surface area contributed by atoms with Gasteiger partial charge in [0.15, 0.2) is 5.76 Å².